The van der Waals surface area contributed by atoms with Crippen LogP contribution in [0.3, 0.4) is 0 Å². The number of carbonyl (C=O) groups excluding carboxylic acids is 3. The van der Waals surface area contributed by atoms with Gasteiger partial charge in [-0.25, -0.2) is 14.8 Å². The van der Waals surface area contributed by atoms with Gasteiger partial charge in [0.25, 0.3) is 5.78 Å². The van der Waals surface area contributed by atoms with E-state index in [0.717, 1.165) is 16.9 Å². The van der Waals surface area contributed by atoms with Crippen molar-refractivity contribution < 1.29 is 33.7 Å². The Labute approximate surface area is 252 Å². The molecule has 1 unspecified atom stereocenters. The molecular weight excluding hydrogens is 572 g/mol. The summed E-state index contributed by atoms with van der Waals surface area (Å²) >= 11 is 0.941. The highest BCUT2D eigenvalue weighted by molar-refractivity contribution is 7.17. The summed E-state index contributed by atoms with van der Waals surface area (Å²) in [6.45, 7) is 11.6. The van der Waals surface area contributed by atoms with Gasteiger partial charge in [-0.1, -0.05) is 23.5 Å². The first kappa shape index (κ1) is 29.8. The predicted octanol–water partition coefficient (Wildman–Crippen LogP) is 5.32. The van der Waals surface area contributed by atoms with Crippen molar-refractivity contribution in [1.29, 1.82) is 0 Å². The third-order valence-corrected chi connectivity index (χ3v) is 8.22. The van der Waals surface area contributed by atoms with E-state index in [1.807, 2.05) is 43.5 Å². The Kier molecular flexibility index (Phi) is 8.23. The van der Waals surface area contributed by atoms with E-state index in [9.17, 15) is 19.5 Å². The Morgan fingerprint density at radius 2 is 1.72 bits per heavy atom. The smallest absolute Gasteiger partial charge is 0.350 e. The second-order valence-corrected chi connectivity index (χ2v) is 10.8. The molecule has 1 aromatic carbocycles. The van der Waals surface area contributed by atoms with Gasteiger partial charge in [0, 0.05) is 6.20 Å². The number of ether oxygens (including phenoxy) is 3. The summed E-state index contributed by atoms with van der Waals surface area (Å²) in [5.74, 6) is -1.90. The first-order chi connectivity index (χ1) is 20.6. The third-order valence-electron chi connectivity index (χ3n) is 7.09. The Morgan fingerprint density at radius 1 is 1.00 bits per heavy atom. The summed E-state index contributed by atoms with van der Waals surface area (Å²) < 4.78 is 18.5. The van der Waals surface area contributed by atoms with Crippen LogP contribution in [0.25, 0.3) is 11.4 Å². The van der Waals surface area contributed by atoms with Crippen LogP contribution in [-0.4, -0.2) is 57.0 Å². The monoisotopic (exact) mass is 604 g/mol. The topological polar surface area (TPSA) is 133 Å². The standard InChI is InChI=1S/C31H32N4O7S/c1-7-40-20-13-12-19(15-21(20)41-8-2)24-22(25(36)23-18(6)34-14-10-11-16(4)28(34)33-23)26(37)29(38)35(24)31-32-17(5)27(43-31)30(39)42-9-3/h10-15,24,36H,7-9H2,1-6H3/b25-22+. The van der Waals surface area contributed by atoms with Crippen molar-refractivity contribution in [3.8, 4) is 11.5 Å². The van der Waals surface area contributed by atoms with Crippen molar-refractivity contribution in [2.75, 3.05) is 24.7 Å². The highest BCUT2D eigenvalue weighted by atomic mass is 32.1. The van der Waals surface area contributed by atoms with Gasteiger partial charge in [0.1, 0.15) is 16.2 Å². The number of rotatable bonds is 9. The molecule has 12 heteroatoms. The molecule has 1 amide bonds. The number of anilines is 1. The molecule has 224 valence electrons. The number of thiazole rings is 1. The normalized spacial score (nSPS) is 16.2. The zero-order valence-corrected chi connectivity index (χ0v) is 25.6. The van der Waals surface area contributed by atoms with Gasteiger partial charge in [0.2, 0.25) is 0 Å². The third kappa shape index (κ3) is 5.11. The van der Waals surface area contributed by atoms with Crippen molar-refractivity contribution in [3.63, 3.8) is 0 Å². The van der Waals surface area contributed by atoms with E-state index >= 15 is 0 Å². The summed E-state index contributed by atoms with van der Waals surface area (Å²) in [6, 6.07) is 7.73. The maximum absolute atomic E-state index is 13.8. The van der Waals surface area contributed by atoms with Crippen molar-refractivity contribution >= 4 is 45.5 Å². The Hall–Kier alpha value is -4.71. The van der Waals surface area contributed by atoms with Crippen LogP contribution in [0.4, 0.5) is 5.13 Å². The van der Waals surface area contributed by atoms with E-state index in [-0.39, 0.29) is 27.9 Å². The molecule has 3 aromatic heterocycles. The first-order valence-corrected chi connectivity index (χ1v) is 14.7. The van der Waals surface area contributed by atoms with E-state index < -0.39 is 29.5 Å². The summed E-state index contributed by atoms with van der Waals surface area (Å²) in [5, 5.41) is 11.9. The minimum Gasteiger partial charge on any atom is -0.505 e. The maximum Gasteiger partial charge on any atom is 0.350 e. The van der Waals surface area contributed by atoms with E-state index in [1.165, 1.54) is 4.90 Å². The number of benzene rings is 1. The molecule has 0 aliphatic carbocycles. The number of amides is 1. The lowest BCUT2D eigenvalue weighted by molar-refractivity contribution is -0.132. The summed E-state index contributed by atoms with van der Waals surface area (Å²) in [6.07, 6.45) is 1.81. The van der Waals surface area contributed by atoms with Gasteiger partial charge in [-0.05, 0) is 70.9 Å². The zero-order valence-electron chi connectivity index (χ0n) is 24.8. The van der Waals surface area contributed by atoms with Crippen molar-refractivity contribution in [2.24, 2.45) is 0 Å². The summed E-state index contributed by atoms with van der Waals surface area (Å²) in [7, 11) is 0. The largest absolute Gasteiger partial charge is 0.505 e. The van der Waals surface area contributed by atoms with Crippen LogP contribution >= 0.6 is 11.3 Å². The summed E-state index contributed by atoms with van der Waals surface area (Å²) in [4.78, 5) is 50.7. The molecule has 1 aliphatic heterocycles. The van der Waals surface area contributed by atoms with Crippen LogP contribution in [0.2, 0.25) is 0 Å². The van der Waals surface area contributed by atoms with Crippen LogP contribution in [-0.2, 0) is 14.3 Å². The lowest BCUT2D eigenvalue weighted by Gasteiger charge is -2.24. The maximum atomic E-state index is 13.8. The molecule has 4 aromatic rings. The van der Waals surface area contributed by atoms with Gasteiger partial charge in [-0.3, -0.25) is 14.5 Å². The number of esters is 1. The number of hydrogen-bond acceptors (Lipinski definition) is 10. The second-order valence-electron chi connectivity index (χ2n) is 9.80. The molecule has 1 aliphatic rings. The number of aryl methyl sites for hydroxylation is 3. The molecule has 4 heterocycles. The average molecular weight is 605 g/mol. The van der Waals surface area contributed by atoms with E-state index in [1.54, 1.807) is 39.0 Å². The fourth-order valence-electron chi connectivity index (χ4n) is 5.13. The van der Waals surface area contributed by atoms with Crippen molar-refractivity contribution in [1.82, 2.24) is 14.4 Å². The zero-order chi connectivity index (χ0) is 31.0. The Morgan fingerprint density at radius 3 is 2.40 bits per heavy atom. The molecule has 1 fully saturated rings. The Bertz CT molecular complexity index is 1790. The number of nitrogens with zero attached hydrogens (tertiary/aromatic N) is 4. The molecule has 43 heavy (non-hydrogen) atoms. The van der Waals surface area contributed by atoms with E-state index in [4.69, 9.17) is 14.2 Å². The molecule has 1 N–H and O–H groups in total. The molecule has 0 saturated carbocycles. The van der Waals surface area contributed by atoms with Gasteiger partial charge < -0.3 is 23.7 Å². The predicted molar refractivity (Wildman–Crippen MR) is 161 cm³/mol. The number of aromatic nitrogens is 3. The lowest BCUT2D eigenvalue weighted by Crippen LogP contribution is -2.29. The molecule has 5 rings (SSSR count). The fraction of sp³-hybridized carbons (Fsp3) is 0.323. The highest BCUT2D eigenvalue weighted by Gasteiger charge is 2.49. The van der Waals surface area contributed by atoms with Gasteiger partial charge in [0.15, 0.2) is 22.4 Å². The van der Waals surface area contributed by atoms with Crippen molar-refractivity contribution in [2.45, 2.75) is 47.6 Å². The number of aliphatic hydroxyl groups excluding tert-OH is 1. The van der Waals surface area contributed by atoms with E-state index in [0.29, 0.717) is 47.3 Å². The SMILES string of the molecule is CCOC(=O)c1sc(N2C(=O)C(=O)/C(=C(/O)c3nc4c(C)cccn4c3C)C2c2ccc(OCC)c(OCC)c2)nc1C. The number of carbonyl (C=O) groups is 3. The van der Waals surface area contributed by atoms with Crippen molar-refractivity contribution in [3.05, 3.63) is 75.2 Å². The number of fused-ring (bicyclic) bond motifs is 1. The first-order valence-electron chi connectivity index (χ1n) is 13.9. The number of hydrogen-bond donors (Lipinski definition) is 1. The van der Waals surface area contributed by atoms with Gasteiger partial charge in [-0.2, -0.15) is 0 Å². The van der Waals surface area contributed by atoms with Crippen LogP contribution in [0.15, 0.2) is 42.1 Å². The quantitative estimate of drug-likeness (QED) is 0.117. The highest BCUT2D eigenvalue weighted by Crippen LogP contribution is 2.46. The van der Waals surface area contributed by atoms with Gasteiger partial charge >= 0.3 is 11.9 Å². The molecule has 1 atom stereocenters. The lowest BCUT2D eigenvalue weighted by atomic mass is 9.96. The number of ketones is 1. The number of Topliss-reactive ketones (excluding diaryl/α,β-unsaturated/α-hetero) is 1. The van der Waals surface area contributed by atoms with Crippen LogP contribution in [0, 0.1) is 20.8 Å². The summed E-state index contributed by atoms with van der Waals surface area (Å²) in [5.41, 5.74) is 2.92. The fourth-order valence-corrected chi connectivity index (χ4v) is 6.12. The molecule has 0 radical (unpaired) electrons. The Balaban J connectivity index is 1.76. The minimum atomic E-state index is -1.11. The van der Waals surface area contributed by atoms with Gasteiger partial charge in [0.05, 0.1) is 42.8 Å². The number of aliphatic hydroxyl groups is 1. The van der Waals surface area contributed by atoms with Gasteiger partial charge in [-0.15, -0.1) is 0 Å². The molecule has 0 spiro atoms. The molecule has 0 bridgehead atoms. The van der Waals surface area contributed by atoms with Crippen LogP contribution < -0.4 is 14.4 Å². The number of imidazole rings is 1. The van der Waals surface area contributed by atoms with E-state index in [2.05, 4.69) is 9.97 Å². The minimum absolute atomic E-state index is 0.112. The molecule has 11 nitrogen and oxygen atoms in total. The van der Waals surface area contributed by atoms with Crippen LogP contribution in [0.5, 0.6) is 11.5 Å². The average Bonchev–Trinajstić information content (AvgIpc) is 3.61. The number of pyridine rings is 1. The second kappa shape index (κ2) is 11.9. The molecule has 1 saturated heterocycles. The molecular formula is C31H32N4O7S. The van der Waals surface area contributed by atoms with Crippen LogP contribution in [0.1, 0.15) is 64.7 Å².